The fourth-order valence-corrected chi connectivity index (χ4v) is 1.51. The molecule has 5 heteroatoms. The van der Waals surface area contributed by atoms with Crippen LogP contribution in [-0.4, -0.2) is 20.3 Å². The van der Waals surface area contributed by atoms with Gasteiger partial charge in [-0.05, 0) is 24.1 Å². The van der Waals surface area contributed by atoms with E-state index in [-0.39, 0.29) is 11.5 Å². The van der Waals surface area contributed by atoms with Crippen molar-refractivity contribution in [2.75, 3.05) is 13.7 Å². The van der Waals surface area contributed by atoms with Gasteiger partial charge in [-0.1, -0.05) is 24.6 Å². The van der Waals surface area contributed by atoms with E-state index in [1.807, 2.05) is 13.0 Å². The molecule has 0 amide bonds. The minimum atomic E-state index is -2.88. The van der Waals surface area contributed by atoms with E-state index in [4.69, 9.17) is 10.5 Å². The summed E-state index contributed by atoms with van der Waals surface area (Å²) < 4.78 is 33.9. The number of ether oxygens (including phenoxy) is 2. The van der Waals surface area contributed by atoms with Gasteiger partial charge in [0.25, 0.3) is 0 Å². The molecule has 0 unspecified atom stereocenters. The number of nitrogens with two attached hydrogens (primary N) is 1. The lowest BCUT2D eigenvalue weighted by atomic mass is 10.1. The highest BCUT2D eigenvalue weighted by molar-refractivity contribution is 5.58. The van der Waals surface area contributed by atoms with Gasteiger partial charge in [-0.3, -0.25) is 0 Å². The van der Waals surface area contributed by atoms with Crippen LogP contribution in [0.1, 0.15) is 18.9 Å². The van der Waals surface area contributed by atoms with Crippen molar-refractivity contribution in [3.63, 3.8) is 0 Å². The van der Waals surface area contributed by atoms with Gasteiger partial charge in [0.15, 0.2) is 11.5 Å². The molecular weight excluding hydrogens is 240 g/mol. The molecule has 0 saturated heterocycles. The molecule has 0 aromatic heterocycles. The van der Waals surface area contributed by atoms with E-state index >= 15 is 0 Å². The van der Waals surface area contributed by atoms with E-state index in [1.165, 1.54) is 13.2 Å². The molecule has 2 N–H and O–H groups in total. The fraction of sp³-hybridized carbons (Fsp3) is 0.385. The first-order valence-electron chi connectivity index (χ1n) is 5.63. The van der Waals surface area contributed by atoms with Gasteiger partial charge in [0.05, 0.1) is 7.11 Å². The molecule has 0 saturated carbocycles. The molecule has 3 nitrogen and oxygen atoms in total. The third-order valence-electron chi connectivity index (χ3n) is 2.49. The Balaban J connectivity index is 3.05. The summed E-state index contributed by atoms with van der Waals surface area (Å²) >= 11 is 0. The van der Waals surface area contributed by atoms with Crippen LogP contribution in [-0.2, 0) is 0 Å². The summed E-state index contributed by atoms with van der Waals surface area (Å²) in [7, 11) is 1.40. The highest BCUT2D eigenvalue weighted by atomic mass is 19.3. The summed E-state index contributed by atoms with van der Waals surface area (Å²) in [5.74, 6) is 0.298. The maximum atomic E-state index is 12.3. The summed E-state index contributed by atoms with van der Waals surface area (Å²) in [6, 6.07) is 4.87. The van der Waals surface area contributed by atoms with Crippen LogP contribution in [0.5, 0.6) is 11.5 Å². The van der Waals surface area contributed by atoms with Crippen molar-refractivity contribution in [1.29, 1.82) is 0 Å². The van der Waals surface area contributed by atoms with Crippen molar-refractivity contribution in [2.45, 2.75) is 20.0 Å². The second-order valence-corrected chi connectivity index (χ2v) is 3.65. The Hall–Kier alpha value is -1.62. The van der Waals surface area contributed by atoms with Crippen molar-refractivity contribution in [2.24, 2.45) is 5.73 Å². The van der Waals surface area contributed by atoms with E-state index in [0.29, 0.717) is 6.54 Å². The van der Waals surface area contributed by atoms with Crippen molar-refractivity contribution in [3.8, 4) is 11.5 Å². The fourth-order valence-electron chi connectivity index (χ4n) is 1.51. The lowest BCUT2D eigenvalue weighted by molar-refractivity contribution is -0.0512. The lowest BCUT2D eigenvalue weighted by Gasteiger charge is -2.10. The number of rotatable bonds is 6. The largest absolute Gasteiger partial charge is 0.493 e. The van der Waals surface area contributed by atoms with Gasteiger partial charge in [-0.25, -0.2) is 0 Å². The van der Waals surface area contributed by atoms with Crippen LogP contribution in [0, 0.1) is 0 Å². The summed E-state index contributed by atoms with van der Waals surface area (Å²) in [4.78, 5) is 0. The highest BCUT2D eigenvalue weighted by Crippen LogP contribution is 2.30. The van der Waals surface area contributed by atoms with Crippen LogP contribution < -0.4 is 15.2 Å². The lowest BCUT2D eigenvalue weighted by Crippen LogP contribution is -2.04. The Kier molecular flexibility index (Phi) is 5.58. The van der Waals surface area contributed by atoms with E-state index in [0.717, 1.165) is 17.6 Å². The first-order valence-corrected chi connectivity index (χ1v) is 5.63. The monoisotopic (exact) mass is 257 g/mol. The average molecular weight is 257 g/mol. The molecule has 0 radical (unpaired) electrons. The Morgan fingerprint density at radius 3 is 2.61 bits per heavy atom. The molecule has 0 atom stereocenters. The second kappa shape index (κ2) is 6.96. The molecule has 1 rings (SSSR count). The van der Waals surface area contributed by atoms with E-state index in [1.54, 1.807) is 12.1 Å². The van der Waals surface area contributed by atoms with E-state index in [9.17, 15) is 8.78 Å². The molecule has 100 valence electrons. The molecule has 0 heterocycles. The maximum Gasteiger partial charge on any atom is 0.387 e. The molecular formula is C13H17F2NO2. The normalized spacial score (nSPS) is 11.8. The van der Waals surface area contributed by atoms with Crippen molar-refractivity contribution in [1.82, 2.24) is 0 Å². The quantitative estimate of drug-likeness (QED) is 0.851. The number of methoxy groups -OCH3 is 1. The van der Waals surface area contributed by atoms with E-state index < -0.39 is 6.61 Å². The molecule has 18 heavy (non-hydrogen) atoms. The maximum absolute atomic E-state index is 12.3. The average Bonchev–Trinajstić information content (AvgIpc) is 2.35. The Labute approximate surface area is 105 Å². The smallest absolute Gasteiger partial charge is 0.387 e. The van der Waals surface area contributed by atoms with Crippen LogP contribution in [0.2, 0.25) is 0 Å². The molecule has 0 aliphatic carbocycles. The van der Waals surface area contributed by atoms with Gasteiger partial charge >= 0.3 is 6.61 Å². The number of benzene rings is 1. The Morgan fingerprint density at radius 1 is 1.39 bits per heavy atom. The Morgan fingerprint density at radius 2 is 2.11 bits per heavy atom. The second-order valence-electron chi connectivity index (χ2n) is 3.65. The number of alkyl halides is 2. The minimum Gasteiger partial charge on any atom is -0.493 e. The standard InChI is InChI=1S/C13H17F2NO2/c1-3-9(8-16)6-10-4-5-11(17-2)12(7-10)18-13(14)15/h4-7,13H,3,8,16H2,1-2H3. The highest BCUT2D eigenvalue weighted by Gasteiger charge is 2.10. The number of hydrogen-bond acceptors (Lipinski definition) is 3. The molecule has 0 aliphatic rings. The predicted octanol–water partition coefficient (Wildman–Crippen LogP) is 3.05. The SMILES string of the molecule is CCC(=Cc1ccc(OC)c(OC(F)F)c1)CN. The molecule has 0 aliphatic heterocycles. The van der Waals surface area contributed by atoms with E-state index in [2.05, 4.69) is 4.74 Å². The summed E-state index contributed by atoms with van der Waals surface area (Å²) in [6.07, 6.45) is 2.67. The topological polar surface area (TPSA) is 44.5 Å². The zero-order valence-corrected chi connectivity index (χ0v) is 10.5. The van der Waals surface area contributed by atoms with Gasteiger partial charge in [0.1, 0.15) is 0 Å². The van der Waals surface area contributed by atoms with Crippen LogP contribution in [0.4, 0.5) is 8.78 Å². The van der Waals surface area contributed by atoms with Gasteiger partial charge in [0.2, 0.25) is 0 Å². The summed E-state index contributed by atoms with van der Waals surface area (Å²) in [5, 5.41) is 0. The summed E-state index contributed by atoms with van der Waals surface area (Å²) in [6.45, 7) is -0.454. The molecule has 0 fully saturated rings. The zero-order chi connectivity index (χ0) is 13.5. The van der Waals surface area contributed by atoms with Crippen molar-refractivity contribution in [3.05, 3.63) is 29.3 Å². The van der Waals surface area contributed by atoms with Gasteiger partial charge < -0.3 is 15.2 Å². The van der Waals surface area contributed by atoms with Crippen LogP contribution in [0.15, 0.2) is 23.8 Å². The molecule has 0 bridgehead atoms. The molecule has 0 spiro atoms. The number of halogens is 2. The number of hydrogen-bond donors (Lipinski definition) is 1. The zero-order valence-electron chi connectivity index (χ0n) is 10.5. The van der Waals surface area contributed by atoms with Gasteiger partial charge in [0, 0.05) is 6.54 Å². The summed E-state index contributed by atoms with van der Waals surface area (Å²) in [5.41, 5.74) is 7.35. The Bertz CT molecular complexity index is 413. The van der Waals surface area contributed by atoms with Crippen LogP contribution in [0.3, 0.4) is 0 Å². The van der Waals surface area contributed by atoms with Gasteiger partial charge in [-0.2, -0.15) is 8.78 Å². The molecule has 1 aromatic rings. The van der Waals surface area contributed by atoms with Crippen molar-refractivity contribution >= 4 is 6.08 Å². The molecule has 1 aromatic carbocycles. The van der Waals surface area contributed by atoms with Gasteiger partial charge in [-0.15, -0.1) is 0 Å². The minimum absolute atomic E-state index is 0.0220. The third kappa shape index (κ3) is 4.00. The van der Waals surface area contributed by atoms with Crippen LogP contribution in [0.25, 0.3) is 6.08 Å². The third-order valence-corrected chi connectivity index (χ3v) is 2.49. The van der Waals surface area contributed by atoms with Crippen LogP contribution >= 0.6 is 0 Å². The first kappa shape index (κ1) is 14.4. The predicted molar refractivity (Wildman–Crippen MR) is 66.9 cm³/mol. The van der Waals surface area contributed by atoms with Crippen molar-refractivity contribution < 1.29 is 18.3 Å². The first-order chi connectivity index (χ1) is 8.60.